The second kappa shape index (κ2) is 6.07. The molecular weight excluding hydrogens is 284 g/mol. The Morgan fingerprint density at radius 1 is 1.27 bits per heavy atom. The van der Waals surface area contributed by atoms with Gasteiger partial charge in [-0.05, 0) is 36.0 Å². The van der Waals surface area contributed by atoms with Gasteiger partial charge in [-0.1, -0.05) is 26.0 Å². The first-order valence-corrected chi connectivity index (χ1v) is 7.74. The molecule has 2 aromatic rings. The van der Waals surface area contributed by atoms with E-state index in [9.17, 15) is 8.78 Å². The standard InChI is InChI=1S/C17H21F2N3/c1-12(2)13-5-6-15-14(10-13)4-3-8-21(15)11-16-20-7-9-22(16)17(18)19/h5-7,9-10,12,17H,3-4,8,11H2,1-2H3. The van der Waals surface area contributed by atoms with E-state index in [1.54, 1.807) is 0 Å². The lowest BCUT2D eigenvalue weighted by Crippen LogP contribution is -2.30. The highest BCUT2D eigenvalue weighted by molar-refractivity contribution is 5.57. The average Bonchev–Trinajstić information content (AvgIpc) is 2.95. The number of anilines is 1. The van der Waals surface area contributed by atoms with Crippen molar-refractivity contribution in [2.75, 3.05) is 11.4 Å². The summed E-state index contributed by atoms with van der Waals surface area (Å²) in [5, 5.41) is 0. The normalized spacial score (nSPS) is 14.7. The van der Waals surface area contributed by atoms with Crippen LogP contribution in [0, 0.1) is 0 Å². The van der Waals surface area contributed by atoms with Crippen molar-refractivity contribution in [3.05, 3.63) is 47.5 Å². The van der Waals surface area contributed by atoms with E-state index in [0.717, 1.165) is 29.6 Å². The van der Waals surface area contributed by atoms with Gasteiger partial charge in [0, 0.05) is 24.6 Å². The summed E-state index contributed by atoms with van der Waals surface area (Å²) in [7, 11) is 0. The van der Waals surface area contributed by atoms with Crippen molar-refractivity contribution in [3.8, 4) is 0 Å². The molecule has 1 aliphatic rings. The van der Waals surface area contributed by atoms with E-state index in [1.165, 1.54) is 23.5 Å². The number of nitrogens with zero attached hydrogens (tertiary/aromatic N) is 3. The third kappa shape index (κ3) is 2.85. The van der Waals surface area contributed by atoms with E-state index >= 15 is 0 Å². The number of imidazole rings is 1. The van der Waals surface area contributed by atoms with Gasteiger partial charge in [0.15, 0.2) is 0 Å². The molecule has 0 saturated carbocycles. The minimum Gasteiger partial charge on any atom is -0.364 e. The molecular formula is C17H21F2N3. The predicted molar refractivity (Wildman–Crippen MR) is 83.4 cm³/mol. The molecule has 0 amide bonds. The first-order chi connectivity index (χ1) is 10.6. The zero-order valence-electron chi connectivity index (χ0n) is 13.0. The van der Waals surface area contributed by atoms with E-state index in [0.29, 0.717) is 18.3 Å². The monoisotopic (exact) mass is 305 g/mol. The molecule has 118 valence electrons. The maximum atomic E-state index is 13.0. The van der Waals surface area contributed by atoms with Crippen molar-refractivity contribution >= 4 is 5.69 Å². The molecule has 0 bridgehead atoms. The zero-order valence-corrected chi connectivity index (χ0v) is 13.0. The molecule has 5 heteroatoms. The summed E-state index contributed by atoms with van der Waals surface area (Å²) < 4.78 is 26.9. The van der Waals surface area contributed by atoms with Crippen LogP contribution < -0.4 is 4.90 Å². The number of hydrogen-bond acceptors (Lipinski definition) is 2. The fraction of sp³-hybridized carbons (Fsp3) is 0.471. The fourth-order valence-corrected chi connectivity index (χ4v) is 3.03. The van der Waals surface area contributed by atoms with Crippen molar-refractivity contribution in [1.82, 2.24) is 9.55 Å². The summed E-state index contributed by atoms with van der Waals surface area (Å²) in [6, 6.07) is 6.52. The molecule has 2 heterocycles. The number of fused-ring (bicyclic) bond motifs is 1. The molecule has 1 aliphatic heterocycles. The zero-order chi connectivity index (χ0) is 15.7. The summed E-state index contributed by atoms with van der Waals surface area (Å²) >= 11 is 0. The van der Waals surface area contributed by atoms with Crippen LogP contribution in [0.4, 0.5) is 14.5 Å². The number of alkyl halides is 2. The molecule has 0 N–H and O–H groups in total. The number of benzene rings is 1. The van der Waals surface area contributed by atoms with Gasteiger partial charge in [-0.25, -0.2) is 4.98 Å². The van der Waals surface area contributed by atoms with Gasteiger partial charge < -0.3 is 4.90 Å². The van der Waals surface area contributed by atoms with Gasteiger partial charge in [-0.15, -0.1) is 0 Å². The van der Waals surface area contributed by atoms with Gasteiger partial charge in [0.05, 0.1) is 6.54 Å². The largest absolute Gasteiger partial charge is 0.364 e. The summed E-state index contributed by atoms with van der Waals surface area (Å²) in [4.78, 5) is 6.25. The van der Waals surface area contributed by atoms with Crippen LogP contribution in [0.5, 0.6) is 0 Å². The summed E-state index contributed by atoms with van der Waals surface area (Å²) in [6.45, 7) is 3.13. The van der Waals surface area contributed by atoms with Crippen LogP contribution in [0.2, 0.25) is 0 Å². The molecule has 3 rings (SSSR count). The minimum absolute atomic E-state index is 0.413. The topological polar surface area (TPSA) is 21.1 Å². The van der Waals surface area contributed by atoms with E-state index in [1.807, 2.05) is 0 Å². The molecule has 0 fully saturated rings. The minimum atomic E-state index is -2.54. The molecule has 0 radical (unpaired) electrons. The summed E-state index contributed by atoms with van der Waals surface area (Å²) in [5.41, 5.74) is 3.79. The van der Waals surface area contributed by atoms with E-state index in [-0.39, 0.29) is 0 Å². The molecule has 0 aliphatic carbocycles. The molecule has 22 heavy (non-hydrogen) atoms. The lowest BCUT2D eigenvalue weighted by Gasteiger charge is -2.31. The Bertz CT molecular complexity index is 649. The van der Waals surface area contributed by atoms with Crippen molar-refractivity contribution in [3.63, 3.8) is 0 Å². The van der Waals surface area contributed by atoms with Gasteiger partial charge in [0.2, 0.25) is 0 Å². The second-order valence-corrected chi connectivity index (χ2v) is 6.10. The van der Waals surface area contributed by atoms with Crippen molar-refractivity contribution in [2.24, 2.45) is 0 Å². The van der Waals surface area contributed by atoms with Crippen molar-refractivity contribution in [1.29, 1.82) is 0 Å². The Morgan fingerprint density at radius 3 is 2.82 bits per heavy atom. The van der Waals surface area contributed by atoms with Crippen molar-refractivity contribution in [2.45, 2.75) is 45.7 Å². The Balaban J connectivity index is 1.87. The van der Waals surface area contributed by atoms with Crippen LogP contribution >= 0.6 is 0 Å². The maximum Gasteiger partial charge on any atom is 0.319 e. The lowest BCUT2D eigenvalue weighted by molar-refractivity contribution is 0.0669. The number of halogens is 2. The molecule has 0 saturated heterocycles. The first-order valence-electron chi connectivity index (χ1n) is 7.74. The van der Waals surface area contributed by atoms with Crippen LogP contribution in [-0.2, 0) is 13.0 Å². The second-order valence-electron chi connectivity index (χ2n) is 6.10. The van der Waals surface area contributed by atoms with Crippen LogP contribution in [0.1, 0.15) is 49.7 Å². The summed E-state index contributed by atoms with van der Waals surface area (Å²) in [5.74, 6) is 0.911. The van der Waals surface area contributed by atoms with Gasteiger partial charge in [-0.3, -0.25) is 4.57 Å². The summed E-state index contributed by atoms with van der Waals surface area (Å²) in [6.07, 6.45) is 4.88. The smallest absolute Gasteiger partial charge is 0.319 e. The highest BCUT2D eigenvalue weighted by atomic mass is 19.3. The Kier molecular flexibility index (Phi) is 4.14. The number of aromatic nitrogens is 2. The van der Waals surface area contributed by atoms with E-state index < -0.39 is 6.55 Å². The van der Waals surface area contributed by atoms with Gasteiger partial charge >= 0.3 is 6.55 Å². The molecule has 1 aromatic heterocycles. The molecule has 0 unspecified atom stereocenters. The van der Waals surface area contributed by atoms with Gasteiger partial charge in [0.25, 0.3) is 0 Å². The highest BCUT2D eigenvalue weighted by Gasteiger charge is 2.20. The van der Waals surface area contributed by atoms with Crippen molar-refractivity contribution < 1.29 is 8.78 Å². The van der Waals surface area contributed by atoms with Crippen LogP contribution in [-0.4, -0.2) is 16.1 Å². The quantitative estimate of drug-likeness (QED) is 0.837. The highest BCUT2D eigenvalue weighted by Crippen LogP contribution is 2.31. The third-order valence-electron chi connectivity index (χ3n) is 4.28. The van der Waals surface area contributed by atoms with E-state index in [4.69, 9.17) is 0 Å². The lowest BCUT2D eigenvalue weighted by atomic mass is 9.95. The van der Waals surface area contributed by atoms with Gasteiger partial charge in [0.1, 0.15) is 5.82 Å². The predicted octanol–water partition coefficient (Wildman–Crippen LogP) is 4.35. The number of hydrogen-bond donors (Lipinski definition) is 0. The molecule has 0 atom stereocenters. The third-order valence-corrected chi connectivity index (χ3v) is 4.28. The Hall–Kier alpha value is -1.91. The first kappa shape index (κ1) is 15.0. The molecule has 3 nitrogen and oxygen atoms in total. The maximum absolute atomic E-state index is 13.0. The van der Waals surface area contributed by atoms with Crippen LogP contribution in [0.25, 0.3) is 0 Å². The van der Waals surface area contributed by atoms with Gasteiger partial charge in [-0.2, -0.15) is 8.78 Å². The number of aryl methyl sites for hydroxylation is 1. The fourth-order valence-electron chi connectivity index (χ4n) is 3.03. The Morgan fingerprint density at radius 2 is 2.09 bits per heavy atom. The average molecular weight is 305 g/mol. The SMILES string of the molecule is CC(C)c1ccc2c(c1)CCCN2Cc1nccn1C(F)F. The van der Waals surface area contributed by atoms with Crippen LogP contribution in [0.15, 0.2) is 30.6 Å². The number of rotatable bonds is 4. The Labute approximate surface area is 129 Å². The van der Waals surface area contributed by atoms with E-state index in [2.05, 4.69) is 41.9 Å². The molecule has 0 spiro atoms. The van der Waals surface area contributed by atoms with Crippen LogP contribution in [0.3, 0.4) is 0 Å². The molecule has 1 aromatic carbocycles.